The first-order chi connectivity index (χ1) is 14.1. The van der Waals surface area contributed by atoms with Gasteiger partial charge >= 0.3 is 6.09 Å². The van der Waals surface area contributed by atoms with Crippen molar-refractivity contribution in [2.24, 2.45) is 0 Å². The zero-order valence-electron chi connectivity index (χ0n) is 17.3. The van der Waals surface area contributed by atoms with E-state index in [2.05, 4.69) is 10.3 Å². The van der Waals surface area contributed by atoms with Crippen molar-refractivity contribution in [3.8, 4) is 5.69 Å². The Hall–Kier alpha value is -2.93. The summed E-state index contributed by atoms with van der Waals surface area (Å²) in [6, 6.07) is 9.11. The minimum atomic E-state index is -0.622. The van der Waals surface area contributed by atoms with Crippen LogP contribution in [0.3, 0.4) is 0 Å². The molecule has 1 aromatic heterocycles. The van der Waals surface area contributed by atoms with Crippen LogP contribution < -0.4 is 10.9 Å². The highest BCUT2D eigenvalue weighted by Gasteiger charge is 2.18. The van der Waals surface area contributed by atoms with Crippen LogP contribution in [0.4, 0.5) is 9.18 Å². The van der Waals surface area contributed by atoms with Gasteiger partial charge in [0.2, 0.25) is 0 Å². The van der Waals surface area contributed by atoms with E-state index in [1.165, 1.54) is 22.8 Å². The van der Waals surface area contributed by atoms with Crippen molar-refractivity contribution >= 4 is 28.6 Å². The van der Waals surface area contributed by atoms with E-state index >= 15 is 0 Å². The first-order valence-corrected chi connectivity index (χ1v) is 9.88. The Morgan fingerprint density at radius 2 is 2.00 bits per heavy atom. The van der Waals surface area contributed by atoms with Crippen LogP contribution in [-0.4, -0.2) is 27.8 Å². The average molecular weight is 432 g/mol. The van der Waals surface area contributed by atoms with Crippen molar-refractivity contribution in [1.29, 1.82) is 0 Å². The number of hydrogen-bond donors (Lipinski definition) is 1. The van der Waals surface area contributed by atoms with Gasteiger partial charge < -0.3 is 10.1 Å². The van der Waals surface area contributed by atoms with Gasteiger partial charge in [0.1, 0.15) is 17.2 Å². The largest absolute Gasteiger partial charge is 0.444 e. The highest BCUT2D eigenvalue weighted by Crippen LogP contribution is 2.23. The molecule has 0 aliphatic heterocycles. The third kappa shape index (κ3) is 4.79. The lowest BCUT2D eigenvalue weighted by molar-refractivity contribution is 0.0528. The van der Waals surface area contributed by atoms with Crippen molar-refractivity contribution in [3.05, 3.63) is 69.0 Å². The number of amides is 1. The van der Waals surface area contributed by atoms with Gasteiger partial charge in [-0.1, -0.05) is 23.7 Å². The van der Waals surface area contributed by atoms with Crippen molar-refractivity contribution in [2.75, 3.05) is 6.54 Å². The van der Waals surface area contributed by atoms with Crippen molar-refractivity contribution in [1.82, 2.24) is 14.9 Å². The van der Waals surface area contributed by atoms with Gasteiger partial charge in [0.15, 0.2) is 0 Å². The zero-order valence-corrected chi connectivity index (χ0v) is 18.0. The van der Waals surface area contributed by atoms with Crippen LogP contribution in [0.1, 0.15) is 32.2 Å². The Morgan fingerprint density at radius 3 is 2.67 bits per heavy atom. The molecule has 6 nitrogen and oxygen atoms in total. The van der Waals surface area contributed by atoms with E-state index in [9.17, 15) is 14.0 Å². The van der Waals surface area contributed by atoms with Crippen molar-refractivity contribution in [3.63, 3.8) is 0 Å². The van der Waals surface area contributed by atoms with Gasteiger partial charge in [0.05, 0.1) is 21.6 Å². The molecule has 30 heavy (non-hydrogen) atoms. The van der Waals surface area contributed by atoms with Crippen LogP contribution in [0.2, 0.25) is 5.02 Å². The summed E-state index contributed by atoms with van der Waals surface area (Å²) < 4.78 is 20.4. The van der Waals surface area contributed by atoms with Gasteiger partial charge in [-0.3, -0.25) is 9.36 Å². The summed E-state index contributed by atoms with van der Waals surface area (Å²) in [6.45, 7) is 7.32. The first kappa shape index (κ1) is 21.8. The monoisotopic (exact) mass is 431 g/mol. The molecule has 1 heterocycles. The van der Waals surface area contributed by atoms with E-state index < -0.39 is 23.1 Å². The fourth-order valence-electron chi connectivity index (χ4n) is 3.07. The molecule has 1 amide bonds. The summed E-state index contributed by atoms with van der Waals surface area (Å²) in [7, 11) is 0. The molecule has 0 unspecified atom stereocenters. The number of aryl methyl sites for hydroxylation is 1. The normalized spacial score (nSPS) is 11.5. The summed E-state index contributed by atoms with van der Waals surface area (Å²) in [5.74, 6) is -0.104. The maximum absolute atomic E-state index is 13.9. The summed E-state index contributed by atoms with van der Waals surface area (Å²) in [6.07, 6.45) is -0.338. The van der Waals surface area contributed by atoms with E-state index in [4.69, 9.17) is 16.3 Å². The maximum Gasteiger partial charge on any atom is 0.407 e. The minimum Gasteiger partial charge on any atom is -0.444 e. The summed E-state index contributed by atoms with van der Waals surface area (Å²) in [4.78, 5) is 29.9. The van der Waals surface area contributed by atoms with Gasteiger partial charge in [-0.2, -0.15) is 0 Å². The zero-order chi connectivity index (χ0) is 22.1. The number of aromatic nitrogens is 2. The Kier molecular flexibility index (Phi) is 6.12. The number of ether oxygens (including phenoxy) is 1. The molecule has 0 atom stereocenters. The minimum absolute atomic E-state index is 0.182. The molecule has 0 fully saturated rings. The van der Waals surface area contributed by atoms with E-state index in [0.717, 1.165) is 5.56 Å². The average Bonchev–Trinajstić information content (AvgIpc) is 2.63. The van der Waals surface area contributed by atoms with Gasteiger partial charge in [0.25, 0.3) is 5.56 Å². The Morgan fingerprint density at radius 1 is 1.27 bits per heavy atom. The second kappa shape index (κ2) is 8.44. The lowest BCUT2D eigenvalue weighted by Crippen LogP contribution is -2.34. The van der Waals surface area contributed by atoms with Gasteiger partial charge in [-0.05, 0) is 57.5 Å². The molecule has 0 bridgehead atoms. The van der Waals surface area contributed by atoms with Gasteiger partial charge in [0, 0.05) is 13.0 Å². The molecule has 0 radical (unpaired) electrons. The van der Waals surface area contributed by atoms with E-state index in [0.29, 0.717) is 17.0 Å². The van der Waals surface area contributed by atoms with Crippen LogP contribution in [0.5, 0.6) is 0 Å². The van der Waals surface area contributed by atoms with Gasteiger partial charge in [-0.25, -0.2) is 14.2 Å². The summed E-state index contributed by atoms with van der Waals surface area (Å²) in [5, 5.41) is 3.20. The fourth-order valence-corrected chi connectivity index (χ4v) is 3.30. The molecule has 3 rings (SSSR count). The molecule has 0 saturated heterocycles. The molecule has 0 aliphatic carbocycles. The number of hydrogen-bond acceptors (Lipinski definition) is 4. The highest BCUT2D eigenvalue weighted by atomic mass is 35.5. The molecule has 0 aliphatic rings. The maximum atomic E-state index is 13.9. The summed E-state index contributed by atoms with van der Waals surface area (Å²) >= 11 is 6.28. The molecular weight excluding hydrogens is 409 g/mol. The quantitative estimate of drug-likeness (QED) is 0.657. The predicted molar refractivity (Wildman–Crippen MR) is 115 cm³/mol. The number of benzene rings is 2. The van der Waals surface area contributed by atoms with Crippen LogP contribution in [-0.2, 0) is 11.2 Å². The van der Waals surface area contributed by atoms with Crippen molar-refractivity contribution < 1.29 is 13.9 Å². The van der Waals surface area contributed by atoms with Crippen LogP contribution in [0.25, 0.3) is 16.6 Å². The molecule has 0 spiro atoms. The lowest BCUT2D eigenvalue weighted by atomic mass is 10.1. The molecular formula is C22H23ClFN3O3. The Labute approximate surface area is 178 Å². The van der Waals surface area contributed by atoms with Crippen molar-refractivity contribution in [2.45, 2.75) is 39.7 Å². The van der Waals surface area contributed by atoms with Crippen LogP contribution in [0, 0.1) is 12.7 Å². The predicted octanol–water partition coefficient (Wildman–Crippen LogP) is 4.55. The number of nitrogens with zero attached hydrogens (tertiary/aromatic N) is 2. The molecule has 158 valence electrons. The number of halogens is 2. The molecule has 2 aromatic carbocycles. The van der Waals surface area contributed by atoms with E-state index in [1.54, 1.807) is 39.0 Å². The SMILES string of the molecule is Cc1ccc(Cl)c2c(=O)n(-c3cccc(F)c3)c(CCNC(=O)OC(C)(C)C)nc12. The number of nitrogens with one attached hydrogen (secondary N) is 1. The fraction of sp³-hybridized carbons (Fsp3) is 0.318. The molecule has 8 heteroatoms. The second-order valence-electron chi connectivity index (χ2n) is 7.92. The Balaban J connectivity index is 2.06. The smallest absolute Gasteiger partial charge is 0.407 e. The number of alkyl carbamates (subject to hydrolysis) is 1. The van der Waals surface area contributed by atoms with Gasteiger partial charge in [-0.15, -0.1) is 0 Å². The second-order valence-corrected chi connectivity index (χ2v) is 8.32. The van der Waals surface area contributed by atoms with Crippen LogP contribution >= 0.6 is 11.6 Å². The van der Waals surface area contributed by atoms with E-state index in [1.807, 2.05) is 6.92 Å². The standard InChI is InChI=1S/C22H23ClFN3O3/c1-13-8-9-16(23)18-19(13)26-17(10-11-25-21(29)30-22(2,3)4)27(20(18)28)15-7-5-6-14(24)12-15/h5-9,12H,10-11H2,1-4H3,(H,25,29). The summed E-state index contributed by atoms with van der Waals surface area (Å²) in [5.41, 5.74) is 0.584. The number of rotatable bonds is 4. The number of carbonyl (C=O) groups is 1. The third-order valence-corrected chi connectivity index (χ3v) is 4.64. The van der Waals surface area contributed by atoms with E-state index in [-0.39, 0.29) is 23.4 Å². The first-order valence-electron chi connectivity index (χ1n) is 9.50. The Bertz CT molecular complexity index is 1170. The molecule has 1 N–H and O–H groups in total. The topological polar surface area (TPSA) is 73.2 Å². The van der Waals surface area contributed by atoms with Crippen LogP contribution in [0.15, 0.2) is 41.2 Å². The number of fused-ring (bicyclic) bond motifs is 1. The molecule has 3 aromatic rings. The number of carbonyl (C=O) groups excluding carboxylic acids is 1. The third-order valence-electron chi connectivity index (χ3n) is 4.33. The highest BCUT2D eigenvalue weighted by molar-refractivity contribution is 6.35. The molecule has 0 saturated carbocycles. The lowest BCUT2D eigenvalue weighted by Gasteiger charge is -2.20.